The number of carbonyl (C=O) groups is 1. The Labute approximate surface area is 193 Å². The highest BCUT2D eigenvalue weighted by atomic mass is 35.5. The van der Waals surface area contributed by atoms with Crippen LogP contribution in [0.2, 0.25) is 5.02 Å². The van der Waals surface area contributed by atoms with E-state index in [2.05, 4.69) is 20.0 Å². The molecule has 2 unspecified atom stereocenters. The Hall–Kier alpha value is -3.01. The van der Waals surface area contributed by atoms with Crippen LogP contribution in [0.3, 0.4) is 0 Å². The minimum Gasteiger partial charge on any atom is -0.465 e. The van der Waals surface area contributed by atoms with Gasteiger partial charge in [0.1, 0.15) is 5.82 Å². The van der Waals surface area contributed by atoms with Gasteiger partial charge in [-0.15, -0.1) is 0 Å². The Kier molecular flexibility index (Phi) is 7.79. The molecule has 1 aromatic heterocycles. The second-order valence-electron chi connectivity index (χ2n) is 7.00. The highest BCUT2D eigenvalue weighted by Crippen LogP contribution is 2.29. The fourth-order valence-electron chi connectivity index (χ4n) is 3.25. The first-order valence-corrected chi connectivity index (χ1v) is 11.3. The third-order valence-corrected chi connectivity index (χ3v) is 6.35. The normalized spacial score (nSPS) is 12.8. The third kappa shape index (κ3) is 5.61. The Balaban J connectivity index is 1.73. The molecular weight excluding hydrogens is 452 g/mol. The van der Waals surface area contributed by atoms with Crippen LogP contribution in [0.4, 0.5) is 11.8 Å². The van der Waals surface area contributed by atoms with Gasteiger partial charge in [0.2, 0.25) is 5.95 Å². The molecule has 32 heavy (non-hydrogen) atoms. The number of benzene rings is 2. The van der Waals surface area contributed by atoms with E-state index in [1.165, 1.54) is 7.11 Å². The number of nitrogens with two attached hydrogens (primary N) is 1. The summed E-state index contributed by atoms with van der Waals surface area (Å²) >= 11 is 4.11. The van der Waals surface area contributed by atoms with E-state index in [-0.39, 0.29) is 5.95 Å². The maximum absolute atomic E-state index is 11.9. The van der Waals surface area contributed by atoms with Crippen molar-refractivity contribution in [2.24, 2.45) is 0 Å². The second-order valence-corrected chi connectivity index (χ2v) is 8.53. The average molecular weight is 475 g/mol. The first kappa shape index (κ1) is 23.6. The molecule has 2 atom stereocenters. The van der Waals surface area contributed by atoms with Crippen LogP contribution < -0.4 is 11.1 Å². The summed E-state index contributed by atoms with van der Waals surface area (Å²) in [7, 11) is 1.30. The van der Waals surface area contributed by atoms with Gasteiger partial charge >= 0.3 is 5.97 Å². The molecule has 0 aliphatic rings. The van der Waals surface area contributed by atoms with Crippen molar-refractivity contribution < 1.29 is 18.3 Å². The van der Waals surface area contributed by atoms with Crippen molar-refractivity contribution in [3.8, 4) is 11.3 Å². The summed E-state index contributed by atoms with van der Waals surface area (Å²) in [6.07, 6.45) is 0.343. The monoisotopic (exact) mass is 474 g/mol. The van der Waals surface area contributed by atoms with Gasteiger partial charge in [-0.2, -0.15) is 4.98 Å². The molecular formula is C22H23ClN4O4S. The number of carbonyl (C=O) groups excluding carboxylic acids is 1. The topological polar surface area (TPSA) is 127 Å². The van der Waals surface area contributed by atoms with Crippen LogP contribution in [-0.2, 0) is 15.8 Å². The van der Waals surface area contributed by atoms with E-state index in [9.17, 15) is 13.6 Å². The number of rotatable bonds is 8. The SMILES string of the molecule is COC(=O)c1ccc(C(CCNc2cc(-c3cccc(Cl)c3C)nc(N)n2)S(=O)O)cc1. The molecule has 0 aliphatic carbocycles. The number of hydrogen-bond donors (Lipinski definition) is 3. The molecule has 0 amide bonds. The molecule has 3 aromatic rings. The predicted molar refractivity (Wildman–Crippen MR) is 126 cm³/mol. The first-order valence-electron chi connectivity index (χ1n) is 9.72. The van der Waals surface area contributed by atoms with Crippen LogP contribution in [0.1, 0.15) is 33.2 Å². The van der Waals surface area contributed by atoms with Crippen LogP contribution >= 0.6 is 11.6 Å². The Morgan fingerprint density at radius 1 is 1.25 bits per heavy atom. The molecule has 3 rings (SSSR count). The number of halogens is 1. The Morgan fingerprint density at radius 2 is 1.97 bits per heavy atom. The van der Waals surface area contributed by atoms with Crippen molar-refractivity contribution in [3.05, 3.63) is 70.2 Å². The van der Waals surface area contributed by atoms with E-state index < -0.39 is 22.3 Å². The van der Waals surface area contributed by atoms with E-state index in [4.69, 9.17) is 17.3 Å². The molecule has 8 nitrogen and oxygen atoms in total. The van der Waals surface area contributed by atoms with E-state index in [0.717, 1.165) is 11.1 Å². The lowest BCUT2D eigenvalue weighted by atomic mass is 10.1. The lowest BCUT2D eigenvalue weighted by Crippen LogP contribution is -2.13. The Bertz CT molecular complexity index is 1140. The van der Waals surface area contributed by atoms with Gasteiger partial charge in [-0.25, -0.2) is 14.0 Å². The van der Waals surface area contributed by atoms with Crippen molar-refractivity contribution in [3.63, 3.8) is 0 Å². The molecule has 0 spiro atoms. The minimum absolute atomic E-state index is 0.102. The van der Waals surface area contributed by atoms with Crippen LogP contribution in [0.25, 0.3) is 11.3 Å². The molecule has 0 aliphatic heterocycles. The van der Waals surface area contributed by atoms with Gasteiger partial charge in [0.15, 0.2) is 11.1 Å². The number of aromatic nitrogens is 2. The van der Waals surface area contributed by atoms with Crippen molar-refractivity contribution in [1.82, 2.24) is 9.97 Å². The maximum atomic E-state index is 11.9. The van der Waals surface area contributed by atoms with E-state index >= 15 is 0 Å². The summed E-state index contributed by atoms with van der Waals surface area (Å²) in [4.78, 5) is 20.1. The highest BCUT2D eigenvalue weighted by Gasteiger charge is 2.19. The van der Waals surface area contributed by atoms with Crippen LogP contribution in [0.15, 0.2) is 48.5 Å². The summed E-state index contributed by atoms with van der Waals surface area (Å²) < 4.78 is 26.4. The lowest BCUT2D eigenvalue weighted by molar-refractivity contribution is 0.0600. The number of esters is 1. The van der Waals surface area contributed by atoms with Gasteiger partial charge in [0.05, 0.1) is 23.6 Å². The van der Waals surface area contributed by atoms with Gasteiger partial charge < -0.3 is 20.3 Å². The highest BCUT2D eigenvalue weighted by molar-refractivity contribution is 7.79. The molecule has 0 radical (unpaired) electrons. The molecule has 0 bridgehead atoms. The van der Waals surface area contributed by atoms with Crippen LogP contribution in [0, 0.1) is 6.92 Å². The van der Waals surface area contributed by atoms with Crippen molar-refractivity contribution in [2.45, 2.75) is 18.6 Å². The molecule has 10 heteroatoms. The largest absolute Gasteiger partial charge is 0.465 e. The number of nitrogen functional groups attached to an aromatic ring is 1. The van der Waals surface area contributed by atoms with Gasteiger partial charge in [0, 0.05) is 23.2 Å². The lowest BCUT2D eigenvalue weighted by Gasteiger charge is -2.15. The van der Waals surface area contributed by atoms with Crippen LogP contribution in [-0.4, -0.2) is 38.4 Å². The number of hydrogen-bond acceptors (Lipinski definition) is 7. The third-order valence-electron chi connectivity index (χ3n) is 4.95. The number of nitrogens with one attached hydrogen (secondary N) is 1. The number of anilines is 2. The quantitative estimate of drug-likeness (QED) is 0.326. The predicted octanol–water partition coefficient (Wildman–Crippen LogP) is 4.24. The van der Waals surface area contributed by atoms with Crippen LogP contribution in [0.5, 0.6) is 0 Å². The van der Waals surface area contributed by atoms with Gasteiger partial charge in [0.25, 0.3) is 0 Å². The molecule has 0 saturated heterocycles. The van der Waals surface area contributed by atoms with Gasteiger partial charge in [-0.3, -0.25) is 0 Å². The molecule has 0 fully saturated rings. The van der Waals surface area contributed by atoms with Crippen molar-refractivity contribution in [1.29, 1.82) is 0 Å². The van der Waals surface area contributed by atoms with E-state index in [0.29, 0.717) is 40.6 Å². The van der Waals surface area contributed by atoms with E-state index in [1.54, 1.807) is 36.4 Å². The van der Waals surface area contributed by atoms with Gasteiger partial charge in [-0.05, 0) is 42.7 Å². The fraction of sp³-hybridized carbons (Fsp3) is 0.227. The van der Waals surface area contributed by atoms with E-state index in [1.807, 2.05) is 19.1 Å². The minimum atomic E-state index is -2.10. The molecule has 168 valence electrons. The Morgan fingerprint density at radius 3 is 2.62 bits per heavy atom. The van der Waals surface area contributed by atoms with Gasteiger partial charge in [-0.1, -0.05) is 35.9 Å². The first-order chi connectivity index (χ1) is 15.3. The maximum Gasteiger partial charge on any atom is 0.337 e. The summed E-state index contributed by atoms with van der Waals surface area (Å²) in [6.45, 7) is 2.26. The van der Waals surface area contributed by atoms with Crippen molar-refractivity contribution >= 4 is 40.4 Å². The zero-order valence-electron chi connectivity index (χ0n) is 17.5. The molecule has 0 saturated carbocycles. The second kappa shape index (κ2) is 10.5. The standard InChI is InChI=1S/C22H23ClN4O4S/c1-13-16(4-3-5-17(13)23)18-12-20(27-22(24)26-18)25-11-10-19(32(29)30)14-6-8-15(9-7-14)21(28)31-2/h3-9,12,19H,10-11H2,1-2H3,(H,29,30)(H3,24,25,26,27). The summed E-state index contributed by atoms with van der Waals surface area (Å²) in [6, 6.07) is 13.7. The van der Waals surface area contributed by atoms with Crippen molar-refractivity contribution in [2.75, 3.05) is 24.7 Å². The molecule has 2 aromatic carbocycles. The number of methoxy groups -OCH3 is 1. The number of nitrogens with zero attached hydrogens (tertiary/aromatic N) is 2. The fourth-order valence-corrected chi connectivity index (χ4v) is 4.13. The summed E-state index contributed by atoms with van der Waals surface area (Å²) in [5.41, 5.74) is 9.24. The molecule has 4 N–H and O–H groups in total. The average Bonchev–Trinajstić information content (AvgIpc) is 2.77. The smallest absolute Gasteiger partial charge is 0.337 e. The zero-order valence-corrected chi connectivity index (χ0v) is 19.1. The zero-order chi connectivity index (χ0) is 23.3. The molecule has 1 heterocycles. The summed E-state index contributed by atoms with van der Waals surface area (Å²) in [5.74, 6) is 0.132. The summed E-state index contributed by atoms with van der Waals surface area (Å²) in [5, 5.41) is 3.12. The number of ether oxygens (including phenoxy) is 1.